The molecule has 0 aliphatic heterocycles. The molecule has 9 heteroatoms. The third kappa shape index (κ3) is 13.1. The molecule has 244 valence electrons. The topological polar surface area (TPSA) is 114 Å². The molecular formula is C35H52N2O7. The van der Waals surface area contributed by atoms with Gasteiger partial charge in [-0.05, 0) is 113 Å². The lowest BCUT2D eigenvalue weighted by Gasteiger charge is -2.28. The summed E-state index contributed by atoms with van der Waals surface area (Å²) in [6, 6.07) is 12.8. The Balaban J connectivity index is 1.88. The number of esters is 1. The zero-order valence-electron chi connectivity index (χ0n) is 27.4. The number of benzene rings is 2. The van der Waals surface area contributed by atoms with Crippen molar-refractivity contribution in [1.82, 2.24) is 4.90 Å². The van der Waals surface area contributed by atoms with Gasteiger partial charge in [-0.2, -0.15) is 0 Å². The number of carbonyl (C=O) groups is 3. The van der Waals surface area contributed by atoms with Gasteiger partial charge in [0.05, 0.1) is 6.61 Å². The first kappa shape index (κ1) is 36.8. The van der Waals surface area contributed by atoms with E-state index in [1.165, 1.54) is 32.7 Å². The van der Waals surface area contributed by atoms with Crippen LogP contribution < -0.4 is 5.32 Å². The van der Waals surface area contributed by atoms with Crippen LogP contribution in [0.1, 0.15) is 73.3 Å². The van der Waals surface area contributed by atoms with Crippen LogP contribution >= 0.6 is 0 Å². The Kier molecular flexibility index (Phi) is 16.5. The quantitative estimate of drug-likeness (QED) is 0.135. The first-order valence-corrected chi connectivity index (χ1v) is 15.8. The number of amides is 1. The molecule has 44 heavy (non-hydrogen) atoms. The van der Waals surface area contributed by atoms with Gasteiger partial charge < -0.3 is 29.5 Å². The molecule has 0 aliphatic carbocycles. The van der Waals surface area contributed by atoms with E-state index in [0.29, 0.717) is 13.0 Å². The van der Waals surface area contributed by atoms with Crippen molar-refractivity contribution in [2.24, 2.45) is 0 Å². The summed E-state index contributed by atoms with van der Waals surface area (Å²) < 4.78 is 16.1. The first-order valence-electron chi connectivity index (χ1n) is 15.8. The second-order valence-corrected chi connectivity index (χ2v) is 11.4. The maximum Gasteiger partial charge on any atom is 0.336 e. The average molecular weight is 613 g/mol. The van der Waals surface area contributed by atoms with Crippen LogP contribution in [0, 0.1) is 27.7 Å². The highest BCUT2D eigenvalue weighted by Gasteiger charge is 2.38. The number of carboxylic acids is 1. The van der Waals surface area contributed by atoms with Gasteiger partial charge in [-0.25, -0.2) is 9.59 Å². The third-order valence-electron chi connectivity index (χ3n) is 7.81. The monoisotopic (exact) mass is 612 g/mol. The van der Waals surface area contributed by atoms with E-state index in [9.17, 15) is 19.5 Å². The summed E-state index contributed by atoms with van der Waals surface area (Å²) in [6.07, 6.45) is 2.98. The number of carboxylic acid groups (broad SMARTS) is 1. The van der Waals surface area contributed by atoms with Crippen molar-refractivity contribution < 1.29 is 33.7 Å². The second-order valence-electron chi connectivity index (χ2n) is 11.4. The lowest BCUT2D eigenvalue weighted by molar-refractivity contribution is -0.177. The first-order chi connectivity index (χ1) is 21.0. The maximum absolute atomic E-state index is 13.4. The van der Waals surface area contributed by atoms with Crippen LogP contribution in [0.2, 0.25) is 0 Å². The van der Waals surface area contributed by atoms with Gasteiger partial charge >= 0.3 is 11.9 Å². The number of aryl methyl sites for hydroxylation is 5. The number of unbranched alkanes of at least 4 members (excludes halogenated alkanes) is 4. The standard InChI is InChI=1S/C35H52N2O7/c1-7-42-31(38)24-44-33(35(40)41)32(43-21-13-8-10-14-29-17-15-25(2)27(4)22-29)34(39)37(6)20-12-9-11-19-36-30-18-16-26(3)28(5)23-30/h15-18,22-23,32-33,36H,7-14,19-21,24H2,1-6H3,(H,40,41). The number of hydrogen-bond acceptors (Lipinski definition) is 7. The summed E-state index contributed by atoms with van der Waals surface area (Å²) in [4.78, 5) is 38.9. The molecule has 0 radical (unpaired) electrons. The van der Waals surface area contributed by atoms with Gasteiger partial charge in [0.2, 0.25) is 0 Å². The number of nitrogens with one attached hydrogen (secondary N) is 1. The van der Waals surface area contributed by atoms with Gasteiger partial charge in [-0.3, -0.25) is 4.79 Å². The van der Waals surface area contributed by atoms with Crippen molar-refractivity contribution in [3.05, 3.63) is 64.2 Å². The third-order valence-corrected chi connectivity index (χ3v) is 7.81. The average Bonchev–Trinajstić information content (AvgIpc) is 2.98. The van der Waals surface area contributed by atoms with E-state index in [0.717, 1.165) is 50.8 Å². The summed E-state index contributed by atoms with van der Waals surface area (Å²) in [5.74, 6) is -2.54. The fraction of sp³-hybridized carbons (Fsp3) is 0.571. The maximum atomic E-state index is 13.4. The van der Waals surface area contributed by atoms with Gasteiger partial charge in [0.1, 0.15) is 6.61 Å². The molecule has 9 nitrogen and oxygen atoms in total. The van der Waals surface area contributed by atoms with E-state index >= 15 is 0 Å². The van der Waals surface area contributed by atoms with E-state index < -0.39 is 36.7 Å². The molecule has 2 aromatic rings. The highest BCUT2D eigenvalue weighted by atomic mass is 16.6. The van der Waals surface area contributed by atoms with E-state index in [1.54, 1.807) is 14.0 Å². The molecule has 0 aromatic heterocycles. The van der Waals surface area contributed by atoms with Crippen LogP contribution in [0.3, 0.4) is 0 Å². The number of nitrogens with zero attached hydrogens (tertiary/aromatic N) is 1. The van der Waals surface area contributed by atoms with Gasteiger partial charge in [-0.1, -0.05) is 30.7 Å². The van der Waals surface area contributed by atoms with E-state index in [-0.39, 0.29) is 13.2 Å². The molecule has 0 aliphatic rings. The molecule has 0 spiro atoms. The largest absolute Gasteiger partial charge is 0.479 e. The summed E-state index contributed by atoms with van der Waals surface area (Å²) in [7, 11) is 1.64. The van der Waals surface area contributed by atoms with Crippen molar-refractivity contribution >= 4 is 23.5 Å². The summed E-state index contributed by atoms with van der Waals surface area (Å²) >= 11 is 0. The smallest absolute Gasteiger partial charge is 0.336 e. The van der Waals surface area contributed by atoms with Crippen LogP contribution in [0.4, 0.5) is 5.69 Å². The fourth-order valence-corrected chi connectivity index (χ4v) is 4.78. The molecule has 0 bridgehead atoms. The predicted octanol–water partition coefficient (Wildman–Crippen LogP) is 5.79. The van der Waals surface area contributed by atoms with Gasteiger partial charge in [0, 0.05) is 32.4 Å². The van der Waals surface area contributed by atoms with Crippen LogP contribution in [0.25, 0.3) is 0 Å². The highest BCUT2D eigenvalue weighted by Crippen LogP contribution is 2.16. The normalized spacial score (nSPS) is 12.4. The molecule has 0 saturated heterocycles. The Morgan fingerprint density at radius 1 is 0.818 bits per heavy atom. The van der Waals surface area contributed by atoms with Crippen molar-refractivity contribution in [3.8, 4) is 0 Å². The predicted molar refractivity (Wildman–Crippen MR) is 173 cm³/mol. The summed E-state index contributed by atoms with van der Waals surface area (Å²) in [5, 5.41) is 13.3. The van der Waals surface area contributed by atoms with E-state index in [1.807, 2.05) is 0 Å². The molecule has 0 heterocycles. The molecular weight excluding hydrogens is 560 g/mol. The molecule has 2 aromatic carbocycles. The van der Waals surface area contributed by atoms with Crippen LogP contribution in [0.15, 0.2) is 36.4 Å². The second kappa shape index (κ2) is 19.8. The summed E-state index contributed by atoms with van der Waals surface area (Å²) in [5.41, 5.74) is 7.42. The highest BCUT2D eigenvalue weighted by molar-refractivity contribution is 5.88. The Morgan fingerprint density at radius 2 is 1.50 bits per heavy atom. The lowest BCUT2D eigenvalue weighted by Crippen LogP contribution is -2.50. The van der Waals surface area contributed by atoms with E-state index in [4.69, 9.17) is 14.2 Å². The van der Waals surface area contributed by atoms with Gasteiger partial charge in [-0.15, -0.1) is 0 Å². The number of anilines is 1. The Hall–Kier alpha value is -3.43. The minimum Gasteiger partial charge on any atom is -0.479 e. The number of aliphatic carboxylic acids is 1. The number of ether oxygens (including phenoxy) is 3. The lowest BCUT2D eigenvalue weighted by atomic mass is 10.0. The molecule has 2 atom stereocenters. The molecule has 0 saturated carbocycles. The zero-order chi connectivity index (χ0) is 32.5. The molecule has 0 fully saturated rings. The Bertz CT molecular complexity index is 1200. The zero-order valence-corrected chi connectivity index (χ0v) is 27.4. The number of rotatable bonds is 21. The minimum absolute atomic E-state index is 0.143. The van der Waals surface area contributed by atoms with Crippen molar-refractivity contribution in [2.75, 3.05) is 45.3 Å². The number of hydrogen-bond donors (Lipinski definition) is 2. The number of likely N-dealkylation sites (N-methyl/N-ethyl adjacent to an activating group) is 1. The molecule has 2 N–H and O–H groups in total. The molecule has 2 unspecified atom stereocenters. The number of carbonyl (C=O) groups excluding carboxylic acids is 2. The van der Waals surface area contributed by atoms with E-state index in [2.05, 4.69) is 69.4 Å². The molecule has 1 amide bonds. The van der Waals surface area contributed by atoms with Crippen LogP contribution in [0.5, 0.6) is 0 Å². The SMILES string of the molecule is CCOC(=O)COC(C(=O)O)C(OCCCCCc1ccc(C)c(C)c1)C(=O)N(C)CCCCCNc1ccc(C)c(C)c1. The Labute approximate surface area is 263 Å². The van der Waals surface area contributed by atoms with Crippen LogP contribution in [-0.2, 0) is 35.0 Å². The fourth-order valence-electron chi connectivity index (χ4n) is 4.78. The van der Waals surface area contributed by atoms with Crippen LogP contribution in [-0.4, -0.2) is 80.0 Å². The van der Waals surface area contributed by atoms with Crippen molar-refractivity contribution in [2.45, 2.75) is 91.8 Å². The van der Waals surface area contributed by atoms with Gasteiger partial charge in [0.15, 0.2) is 12.2 Å². The minimum atomic E-state index is -1.63. The summed E-state index contributed by atoms with van der Waals surface area (Å²) in [6.45, 7) is 11.1. The van der Waals surface area contributed by atoms with Crippen molar-refractivity contribution in [3.63, 3.8) is 0 Å². The van der Waals surface area contributed by atoms with Gasteiger partial charge in [0.25, 0.3) is 5.91 Å². The van der Waals surface area contributed by atoms with Crippen molar-refractivity contribution in [1.29, 1.82) is 0 Å². The Morgan fingerprint density at radius 3 is 2.16 bits per heavy atom. The molecule has 2 rings (SSSR count).